The molecule has 0 fully saturated rings. The molecule has 0 spiro atoms. The van der Waals surface area contributed by atoms with E-state index in [-0.39, 0.29) is 24.7 Å². The molecule has 14 heteroatoms. The maximum absolute atomic E-state index is 12.5. The Hall–Kier alpha value is -6.70. The molecule has 0 aliphatic heterocycles. The molecule has 0 atom stereocenters. The third-order valence-corrected chi connectivity index (χ3v) is 7.28. The van der Waals surface area contributed by atoms with Gasteiger partial charge in [-0.15, -0.1) is 0 Å². The number of rotatable bonds is 17. The van der Waals surface area contributed by atoms with Gasteiger partial charge in [0.1, 0.15) is 11.5 Å². The molecule has 14 nitrogen and oxygen atoms in total. The Kier molecular flexibility index (Phi) is 14.3. The van der Waals surface area contributed by atoms with Crippen LogP contribution in [0.1, 0.15) is 57.5 Å². The Morgan fingerprint density at radius 3 is 1.23 bits per heavy atom. The van der Waals surface area contributed by atoms with Crippen LogP contribution < -0.4 is 39.3 Å². The fourth-order valence-electron chi connectivity index (χ4n) is 4.54. The van der Waals surface area contributed by atoms with E-state index in [1.165, 1.54) is 53.0 Å². The van der Waals surface area contributed by atoms with Gasteiger partial charge in [0, 0.05) is 12.8 Å². The third kappa shape index (κ3) is 11.4. The Bertz CT molecular complexity index is 1770. The Morgan fingerprint density at radius 1 is 0.519 bits per heavy atom. The van der Waals surface area contributed by atoms with Gasteiger partial charge in [-0.25, -0.2) is 20.4 Å². The predicted molar refractivity (Wildman–Crippen MR) is 192 cm³/mol. The van der Waals surface area contributed by atoms with Crippen LogP contribution in [-0.2, 0) is 9.59 Å². The van der Waals surface area contributed by atoms with Gasteiger partial charge in [-0.05, 0) is 109 Å². The number of hydrazone groups is 2. The molecule has 0 radical (unpaired) electrons. The largest absolute Gasteiger partial charge is 0.493 e. The fraction of sp³-hybridized carbons (Fsp3) is 0.211. The van der Waals surface area contributed by atoms with Gasteiger partial charge in [-0.1, -0.05) is 0 Å². The van der Waals surface area contributed by atoms with Crippen molar-refractivity contribution in [3.8, 4) is 34.5 Å². The van der Waals surface area contributed by atoms with Crippen LogP contribution >= 0.6 is 0 Å². The summed E-state index contributed by atoms with van der Waals surface area (Å²) in [4.78, 5) is 49.3. The smallest absolute Gasteiger partial charge is 0.343 e. The van der Waals surface area contributed by atoms with E-state index in [1.54, 1.807) is 72.8 Å². The maximum Gasteiger partial charge on any atom is 0.343 e. The lowest BCUT2D eigenvalue weighted by atomic mass is 10.2. The molecular weight excluding hydrogens is 672 g/mol. The number of nitrogens with one attached hydrogen (secondary N) is 2. The van der Waals surface area contributed by atoms with E-state index >= 15 is 0 Å². The van der Waals surface area contributed by atoms with Crippen molar-refractivity contribution in [1.82, 2.24) is 10.9 Å². The van der Waals surface area contributed by atoms with E-state index < -0.39 is 11.9 Å². The van der Waals surface area contributed by atoms with Gasteiger partial charge in [0.15, 0.2) is 23.0 Å². The molecule has 52 heavy (non-hydrogen) atoms. The lowest BCUT2D eigenvalue weighted by Crippen LogP contribution is -2.19. The summed E-state index contributed by atoms with van der Waals surface area (Å²) in [6.07, 6.45) is 4.24. The van der Waals surface area contributed by atoms with Gasteiger partial charge in [0.05, 0.1) is 52.0 Å². The summed E-state index contributed by atoms with van der Waals surface area (Å²) in [5.74, 6) is 0.770. The monoisotopic (exact) mass is 710 g/mol. The Morgan fingerprint density at radius 2 is 0.885 bits per heavy atom. The zero-order chi connectivity index (χ0) is 37.3. The molecule has 2 N–H and O–H groups in total. The van der Waals surface area contributed by atoms with Gasteiger partial charge in [-0.3, -0.25) is 9.59 Å². The minimum Gasteiger partial charge on any atom is -0.493 e. The molecule has 0 heterocycles. The van der Waals surface area contributed by atoms with E-state index in [9.17, 15) is 19.2 Å². The molecular formula is C38H38N4O10. The number of ether oxygens (including phenoxy) is 6. The van der Waals surface area contributed by atoms with Crippen molar-refractivity contribution in [2.24, 2.45) is 10.2 Å². The summed E-state index contributed by atoms with van der Waals surface area (Å²) in [6.45, 7) is 0. The normalized spacial score (nSPS) is 10.8. The van der Waals surface area contributed by atoms with Crippen molar-refractivity contribution in [2.45, 2.75) is 25.7 Å². The van der Waals surface area contributed by atoms with E-state index in [4.69, 9.17) is 28.4 Å². The molecule has 0 saturated heterocycles. The highest BCUT2D eigenvalue weighted by molar-refractivity contribution is 5.93. The standard InChI is InChI=1S/C38H38N4O10/c1-47-31-19-13-27(21-33(31)49-3)37(45)51-29-15-9-25(10-16-29)23-39-41-35(43)7-5-6-8-36(44)42-40-24-26-11-17-30(18-12-26)52-38(46)28-14-20-32(48-2)34(22-28)50-4/h9-24H,5-8H2,1-4H3,(H,41,43)(H,42,44). The number of carbonyl (C=O) groups is 4. The van der Waals surface area contributed by atoms with Crippen molar-refractivity contribution < 1.29 is 47.6 Å². The predicted octanol–water partition coefficient (Wildman–Crippen LogP) is 5.32. The number of hydrogen-bond acceptors (Lipinski definition) is 12. The fourth-order valence-corrected chi connectivity index (χ4v) is 4.54. The third-order valence-electron chi connectivity index (χ3n) is 7.28. The highest BCUT2D eigenvalue weighted by Gasteiger charge is 2.14. The number of unbranched alkanes of at least 4 members (excludes halogenated alkanes) is 1. The van der Waals surface area contributed by atoms with Crippen LogP contribution in [0.3, 0.4) is 0 Å². The minimum absolute atomic E-state index is 0.182. The average molecular weight is 711 g/mol. The van der Waals surface area contributed by atoms with E-state index in [0.717, 1.165) is 0 Å². The van der Waals surface area contributed by atoms with Crippen molar-refractivity contribution in [3.63, 3.8) is 0 Å². The molecule has 0 bridgehead atoms. The second kappa shape index (κ2) is 19.5. The van der Waals surface area contributed by atoms with Crippen LogP contribution in [0.2, 0.25) is 0 Å². The molecule has 4 aromatic carbocycles. The molecule has 0 aliphatic carbocycles. The van der Waals surface area contributed by atoms with Crippen LogP contribution in [0.25, 0.3) is 0 Å². The maximum atomic E-state index is 12.5. The van der Waals surface area contributed by atoms with Crippen molar-refractivity contribution >= 4 is 36.2 Å². The van der Waals surface area contributed by atoms with Crippen molar-refractivity contribution in [3.05, 3.63) is 107 Å². The van der Waals surface area contributed by atoms with Gasteiger partial charge in [-0.2, -0.15) is 10.2 Å². The molecule has 0 saturated carbocycles. The second-order valence-electron chi connectivity index (χ2n) is 10.9. The first kappa shape index (κ1) is 38.1. The first-order valence-corrected chi connectivity index (χ1v) is 15.9. The first-order valence-electron chi connectivity index (χ1n) is 15.9. The summed E-state index contributed by atoms with van der Waals surface area (Å²) in [6, 6.07) is 22.6. The molecule has 0 unspecified atom stereocenters. The Balaban J connectivity index is 1.10. The number of amides is 2. The van der Waals surface area contributed by atoms with Gasteiger partial charge >= 0.3 is 11.9 Å². The molecule has 4 rings (SSSR count). The van der Waals surface area contributed by atoms with E-state index in [2.05, 4.69) is 21.1 Å². The number of carbonyl (C=O) groups excluding carboxylic acids is 4. The number of methoxy groups -OCH3 is 4. The lowest BCUT2D eigenvalue weighted by Gasteiger charge is -2.09. The van der Waals surface area contributed by atoms with E-state index in [1.807, 2.05) is 0 Å². The molecule has 4 aromatic rings. The lowest BCUT2D eigenvalue weighted by molar-refractivity contribution is -0.123. The first-order chi connectivity index (χ1) is 25.2. The van der Waals surface area contributed by atoms with Crippen molar-refractivity contribution in [2.75, 3.05) is 28.4 Å². The van der Waals surface area contributed by atoms with Gasteiger partial charge in [0.25, 0.3) is 0 Å². The van der Waals surface area contributed by atoms with Crippen LogP contribution in [-0.4, -0.2) is 64.6 Å². The summed E-state index contributed by atoms with van der Waals surface area (Å²) >= 11 is 0. The SMILES string of the molecule is COc1ccc(C(=O)Oc2ccc(C=NNC(=O)CCCCC(=O)NN=Cc3ccc(OC(=O)c4ccc(OC)c(OC)c4)cc3)cc2)cc1OC. The zero-order valence-electron chi connectivity index (χ0n) is 29.0. The molecule has 270 valence electrons. The quantitative estimate of drug-likeness (QED) is 0.0480. The summed E-state index contributed by atoms with van der Waals surface area (Å²) in [5.41, 5.74) is 6.86. The number of nitrogens with zero attached hydrogens (tertiary/aromatic N) is 2. The Labute approximate surface area is 300 Å². The van der Waals surface area contributed by atoms with E-state index in [0.29, 0.717) is 69.6 Å². The molecule has 0 aromatic heterocycles. The second-order valence-corrected chi connectivity index (χ2v) is 10.9. The van der Waals surface area contributed by atoms with Crippen LogP contribution in [0, 0.1) is 0 Å². The number of esters is 2. The minimum atomic E-state index is -0.558. The number of hydrogen-bond donors (Lipinski definition) is 2. The highest BCUT2D eigenvalue weighted by atomic mass is 16.5. The number of benzene rings is 4. The van der Waals surface area contributed by atoms with Gasteiger partial charge in [0.2, 0.25) is 11.8 Å². The summed E-state index contributed by atoms with van der Waals surface area (Å²) < 4.78 is 31.6. The van der Waals surface area contributed by atoms with Gasteiger partial charge < -0.3 is 28.4 Å². The summed E-state index contributed by atoms with van der Waals surface area (Å²) in [7, 11) is 5.97. The van der Waals surface area contributed by atoms with Crippen LogP contribution in [0.5, 0.6) is 34.5 Å². The topological polar surface area (TPSA) is 172 Å². The highest BCUT2D eigenvalue weighted by Crippen LogP contribution is 2.29. The molecule has 2 amide bonds. The zero-order valence-corrected chi connectivity index (χ0v) is 29.0. The van der Waals surface area contributed by atoms with Crippen LogP contribution in [0.15, 0.2) is 95.1 Å². The van der Waals surface area contributed by atoms with Crippen LogP contribution in [0.4, 0.5) is 0 Å². The van der Waals surface area contributed by atoms with Crippen molar-refractivity contribution in [1.29, 1.82) is 0 Å². The molecule has 0 aliphatic rings. The average Bonchev–Trinajstić information content (AvgIpc) is 3.17. The summed E-state index contributed by atoms with van der Waals surface area (Å²) in [5, 5.41) is 7.91.